The molecule has 1 aromatic rings. The van der Waals surface area contributed by atoms with Gasteiger partial charge in [-0.25, -0.2) is 0 Å². The maximum atomic E-state index is 14.1. The summed E-state index contributed by atoms with van der Waals surface area (Å²) < 4.78 is 37.8. The summed E-state index contributed by atoms with van der Waals surface area (Å²) in [7, 11) is 0. The number of furan rings is 1. The number of hydrogen-bond acceptors (Lipinski definition) is 11. The maximum absolute atomic E-state index is 14.1. The normalized spacial score (nSPS) is 51.9. The van der Waals surface area contributed by atoms with Crippen LogP contribution in [0.1, 0.15) is 90.4 Å². The SMILES string of the molecule is CC(=O)OC1C2(C)CC34CC1(O)C(OC(C)=O)C15CC(C)(C(=O)c6ccoc6)CCC1(OC(C)(O3)O5)C4(C)C2CC(=O)O. The molecule has 2 N–H and O–H groups in total. The van der Waals surface area contributed by atoms with Gasteiger partial charge in [0.05, 0.1) is 17.4 Å². The maximum Gasteiger partial charge on any atom is 0.303 e. The summed E-state index contributed by atoms with van der Waals surface area (Å²) in [6, 6.07) is 1.58. The number of carbonyl (C=O) groups excluding carboxylic acids is 3. The van der Waals surface area contributed by atoms with E-state index >= 15 is 0 Å². The van der Waals surface area contributed by atoms with Crippen LogP contribution in [-0.2, 0) is 38.1 Å². The lowest BCUT2D eigenvalue weighted by atomic mass is 9.45. The second-order valence-corrected chi connectivity index (χ2v) is 14.6. The van der Waals surface area contributed by atoms with E-state index in [0.717, 1.165) is 0 Å². The number of hydrogen-bond donors (Lipinski definition) is 2. The minimum Gasteiger partial charge on any atom is -0.481 e. The molecule has 12 nitrogen and oxygen atoms in total. The Labute approximate surface area is 248 Å². The largest absolute Gasteiger partial charge is 0.481 e. The van der Waals surface area contributed by atoms with Gasteiger partial charge in [-0.2, -0.15) is 0 Å². The van der Waals surface area contributed by atoms with E-state index in [4.69, 9.17) is 28.1 Å². The Bertz CT molecular complexity index is 1460. The first kappa shape index (κ1) is 28.9. The molecule has 43 heavy (non-hydrogen) atoms. The molecule has 4 saturated carbocycles. The molecule has 2 aliphatic heterocycles. The molecule has 1 aromatic heterocycles. The lowest BCUT2D eigenvalue weighted by molar-refractivity contribution is -0.447. The monoisotopic (exact) mass is 602 g/mol. The molecule has 7 rings (SSSR count). The van der Waals surface area contributed by atoms with Gasteiger partial charge >= 0.3 is 17.9 Å². The van der Waals surface area contributed by atoms with E-state index in [2.05, 4.69) is 0 Å². The molecule has 11 atom stereocenters. The van der Waals surface area contributed by atoms with Gasteiger partial charge in [-0.15, -0.1) is 0 Å². The van der Waals surface area contributed by atoms with Gasteiger partial charge in [0.1, 0.15) is 29.2 Å². The molecule has 234 valence electrons. The summed E-state index contributed by atoms with van der Waals surface area (Å²) in [5.41, 5.74) is -9.38. The van der Waals surface area contributed by atoms with Crippen LogP contribution in [0.15, 0.2) is 23.0 Å². The highest BCUT2D eigenvalue weighted by molar-refractivity contribution is 6.00. The Morgan fingerprint density at radius 1 is 0.930 bits per heavy atom. The van der Waals surface area contributed by atoms with E-state index in [1.165, 1.54) is 26.4 Å². The standard InChI is InChI=1S/C31H38O12/c1-16(32)39-22-25(4)14-28-15-29(22,37)23(40-17(2)33)30-13-24(3,21(36)18-7-10-38-12-18)8-9-31(30,43-27(6,41-28)42-30)26(28,5)19(25)11-20(34)35/h7,10,12,19,22-23,37H,8-9,11,13-15H2,1-6H3,(H,34,35). The minimum atomic E-state index is -2.09. The van der Waals surface area contributed by atoms with Gasteiger partial charge in [-0.3, -0.25) is 19.2 Å². The molecule has 0 amide bonds. The first-order valence-corrected chi connectivity index (χ1v) is 14.8. The number of esters is 2. The highest BCUT2D eigenvalue weighted by atomic mass is 16.9. The van der Waals surface area contributed by atoms with Gasteiger partial charge in [-0.1, -0.05) is 20.8 Å². The Hall–Kier alpha value is -2.80. The average Bonchev–Trinajstić information content (AvgIpc) is 3.53. The number of ether oxygens (including phenoxy) is 5. The van der Waals surface area contributed by atoms with Crippen LogP contribution < -0.4 is 0 Å². The highest BCUT2D eigenvalue weighted by Gasteiger charge is 2.96. The summed E-state index contributed by atoms with van der Waals surface area (Å²) >= 11 is 0. The first-order chi connectivity index (χ1) is 19.9. The smallest absolute Gasteiger partial charge is 0.303 e. The molecule has 0 aromatic carbocycles. The number of carboxylic acids is 1. The minimum absolute atomic E-state index is 0.0574. The second-order valence-electron chi connectivity index (χ2n) is 14.6. The third-order valence-electron chi connectivity index (χ3n) is 12.2. The van der Waals surface area contributed by atoms with Crippen molar-refractivity contribution in [3.63, 3.8) is 0 Å². The van der Waals surface area contributed by atoms with E-state index in [1.54, 1.807) is 19.9 Å². The van der Waals surface area contributed by atoms with Crippen molar-refractivity contribution in [2.45, 2.75) is 121 Å². The summed E-state index contributed by atoms with van der Waals surface area (Å²) in [5, 5.41) is 23.3. The fourth-order valence-corrected chi connectivity index (χ4v) is 11.3. The number of aliphatic carboxylic acids is 1. The highest BCUT2D eigenvalue weighted by Crippen LogP contribution is 2.85. The molecular formula is C31H38O12. The molecule has 2 spiro atoms. The molecule has 0 radical (unpaired) electrons. The number of Topliss-reactive ketones (excluding diaryl/α,β-unsaturated/α-hetero) is 1. The number of aliphatic hydroxyl groups is 1. The van der Waals surface area contributed by atoms with Crippen molar-refractivity contribution in [1.29, 1.82) is 0 Å². The van der Waals surface area contributed by atoms with Crippen molar-refractivity contribution < 1.29 is 57.5 Å². The first-order valence-electron chi connectivity index (χ1n) is 14.8. The van der Waals surface area contributed by atoms with E-state index in [0.29, 0.717) is 12.0 Å². The van der Waals surface area contributed by atoms with Crippen molar-refractivity contribution in [1.82, 2.24) is 0 Å². The number of carboxylic acid groups (broad SMARTS) is 1. The van der Waals surface area contributed by atoms with Crippen LogP contribution in [0.4, 0.5) is 0 Å². The van der Waals surface area contributed by atoms with Crippen molar-refractivity contribution in [2.24, 2.45) is 22.2 Å². The Morgan fingerprint density at radius 3 is 2.21 bits per heavy atom. The molecule has 6 aliphatic rings. The van der Waals surface area contributed by atoms with Crippen LogP contribution in [0.3, 0.4) is 0 Å². The summed E-state index contributed by atoms with van der Waals surface area (Å²) in [5.74, 6) is -5.06. The fourth-order valence-electron chi connectivity index (χ4n) is 11.3. The quantitative estimate of drug-likeness (QED) is 0.361. The number of carbonyl (C=O) groups is 4. The number of rotatable bonds is 6. The van der Waals surface area contributed by atoms with Crippen molar-refractivity contribution >= 4 is 23.7 Å². The Balaban J connectivity index is 1.55. The number of fused-ring (bicyclic) bond motifs is 3. The Kier molecular flexibility index (Phi) is 5.43. The van der Waals surface area contributed by atoms with Crippen LogP contribution >= 0.6 is 0 Å². The lowest BCUT2D eigenvalue weighted by Gasteiger charge is -2.64. The molecule has 6 fully saturated rings. The van der Waals surface area contributed by atoms with Gasteiger partial charge in [0, 0.05) is 49.9 Å². The zero-order valence-corrected chi connectivity index (χ0v) is 25.2. The van der Waals surface area contributed by atoms with Gasteiger partial charge in [-0.05, 0) is 37.7 Å². The third kappa shape index (κ3) is 3.10. The van der Waals surface area contributed by atoms with Crippen LogP contribution in [-0.4, -0.2) is 74.5 Å². The van der Waals surface area contributed by atoms with Crippen molar-refractivity contribution in [3.05, 3.63) is 24.2 Å². The third-order valence-corrected chi connectivity index (χ3v) is 12.2. The summed E-state index contributed by atoms with van der Waals surface area (Å²) in [6.45, 7) is 9.60. The zero-order valence-electron chi connectivity index (χ0n) is 25.2. The van der Waals surface area contributed by atoms with Gasteiger partial charge in [0.25, 0.3) is 5.97 Å². The topological polar surface area (TPSA) is 168 Å². The zero-order chi connectivity index (χ0) is 31.2. The van der Waals surface area contributed by atoms with Crippen LogP contribution in [0.2, 0.25) is 0 Å². The molecule has 12 heteroatoms. The lowest BCUT2D eigenvalue weighted by Crippen LogP contribution is -2.78. The van der Waals surface area contributed by atoms with E-state index in [9.17, 15) is 29.4 Å². The molecule has 3 heterocycles. The van der Waals surface area contributed by atoms with Crippen LogP contribution in [0.25, 0.3) is 0 Å². The summed E-state index contributed by atoms with van der Waals surface area (Å²) in [4.78, 5) is 52.2. The van der Waals surface area contributed by atoms with Crippen LogP contribution in [0, 0.1) is 22.2 Å². The number of ketones is 1. The predicted octanol–water partition coefficient (Wildman–Crippen LogP) is 3.14. The molecular weight excluding hydrogens is 564 g/mol. The molecule has 5 bridgehead atoms. The van der Waals surface area contributed by atoms with Gasteiger partial charge in [0.2, 0.25) is 0 Å². The molecule has 2 saturated heterocycles. The van der Waals surface area contributed by atoms with Crippen LogP contribution in [0.5, 0.6) is 0 Å². The van der Waals surface area contributed by atoms with Crippen molar-refractivity contribution in [2.75, 3.05) is 0 Å². The van der Waals surface area contributed by atoms with Gasteiger partial charge < -0.3 is 38.3 Å². The second kappa shape index (κ2) is 8.07. The Morgan fingerprint density at radius 2 is 1.60 bits per heavy atom. The van der Waals surface area contributed by atoms with E-state index in [1.807, 2.05) is 13.8 Å². The molecule has 4 aliphatic carbocycles. The summed E-state index contributed by atoms with van der Waals surface area (Å²) in [6.07, 6.45) is 0.320. The average molecular weight is 603 g/mol. The fraction of sp³-hybridized carbons (Fsp3) is 0.742. The predicted molar refractivity (Wildman–Crippen MR) is 142 cm³/mol. The van der Waals surface area contributed by atoms with Crippen molar-refractivity contribution in [3.8, 4) is 0 Å². The van der Waals surface area contributed by atoms with E-state index in [-0.39, 0.29) is 37.9 Å². The van der Waals surface area contributed by atoms with E-state index < -0.39 is 80.7 Å². The van der Waals surface area contributed by atoms with Gasteiger partial charge in [0.15, 0.2) is 11.9 Å². The molecule has 11 unspecified atom stereocenters.